The van der Waals surface area contributed by atoms with Crippen molar-refractivity contribution in [3.05, 3.63) is 81.2 Å². The van der Waals surface area contributed by atoms with Gasteiger partial charge in [0.15, 0.2) is 5.43 Å². The molecule has 32 heavy (non-hydrogen) atoms. The Morgan fingerprint density at radius 1 is 0.969 bits per heavy atom. The summed E-state index contributed by atoms with van der Waals surface area (Å²) in [6, 6.07) is 14.9. The van der Waals surface area contributed by atoms with Gasteiger partial charge >= 0.3 is 0 Å². The zero-order chi connectivity index (χ0) is 22.9. The number of halogens is 2. The molecule has 0 aliphatic carbocycles. The molecule has 0 radical (unpaired) electrons. The Balaban J connectivity index is 1.65. The number of rotatable bonds is 7. The summed E-state index contributed by atoms with van der Waals surface area (Å²) < 4.78 is 20.7. The minimum atomic E-state index is -1.05. The lowest BCUT2D eigenvalue weighted by molar-refractivity contribution is 0.115. The molecule has 3 aromatic carbocycles. The Bertz CT molecular complexity index is 1350. The fourth-order valence-electron chi connectivity index (χ4n) is 3.38. The lowest BCUT2D eigenvalue weighted by Gasteiger charge is -2.24. The number of nitrogens with two attached hydrogens (primary N) is 1. The standard InChI is InChI=1S/C24H21ClFNO4S/c25-19-10-15(3-5-20(19)26)31-16-2-4-17-22(11-16)32-21-6-1-14(9-18(21)23(17)30)7-8-24(27,12-28)13-29/h1-6,9-11,28-29H,7-8,12-13,27H2. The number of aryl methyl sites for hydroxylation is 1. The van der Waals surface area contributed by atoms with Crippen LogP contribution in [0.2, 0.25) is 5.02 Å². The highest BCUT2D eigenvalue weighted by Gasteiger charge is 2.22. The van der Waals surface area contributed by atoms with Gasteiger partial charge in [0, 0.05) is 26.2 Å². The van der Waals surface area contributed by atoms with Gasteiger partial charge in [0.2, 0.25) is 0 Å². The quantitative estimate of drug-likeness (QED) is 0.341. The first-order valence-corrected chi connectivity index (χ1v) is 11.1. The second kappa shape index (κ2) is 9.13. The van der Waals surface area contributed by atoms with Crippen LogP contribution < -0.4 is 15.9 Å². The fourth-order valence-corrected chi connectivity index (χ4v) is 4.63. The number of aliphatic hydroxyl groups excluding tert-OH is 2. The molecule has 8 heteroatoms. The highest BCUT2D eigenvalue weighted by Crippen LogP contribution is 2.31. The van der Waals surface area contributed by atoms with Crippen LogP contribution in [0.25, 0.3) is 20.2 Å². The summed E-state index contributed by atoms with van der Waals surface area (Å²) in [7, 11) is 0. The summed E-state index contributed by atoms with van der Waals surface area (Å²) in [5, 5.41) is 19.9. The maximum atomic E-state index is 13.4. The number of ether oxygens (including phenoxy) is 1. The lowest BCUT2D eigenvalue weighted by atomic mass is 9.93. The van der Waals surface area contributed by atoms with Crippen LogP contribution in [0.5, 0.6) is 11.5 Å². The number of aliphatic hydroxyl groups is 2. The molecule has 166 valence electrons. The highest BCUT2D eigenvalue weighted by molar-refractivity contribution is 7.24. The van der Waals surface area contributed by atoms with Crippen molar-refractivity contribution in [2.45, 2.75) is 18.4 Å². The summed E-state index contributed by atoms with van der Waals surface area (Å²) in [4.78, 5) is 13.1. The zero-order valence-corrected chi connectivity index (χ0v) is 18.5. The van der Waals surface area contributed by atoms with Gasteiger partial charge in [-0.05, 0) is 60.9 Å². The van der Waals surface area contributed by atoms with Gasteiger partial charge < -0.3 is 20.7 Å². The maximum Gasteiger partial charge on any atom is 0.195 e. The Morgan fingerprint density at radius 2 is 1.69 bits per heavy atom. The van der Waals surface area contributed by atoms with Crippen LogP contribution in [-0.2, 0) is 6.42 Å². The third-order valence-corrected chi connectivity index (χ3v) is 6.80. The van der Waals surface area contributed by atoms with E-state index in [9.17, 15) is 19.4 Å². The van der Waals surface area contributed by atoms with Gasteiger partial charge in [0.05, 0.1) is 23.8 Å². The van der Waals surface area contributed by atoms with Crippen LogP contribution >= 0.6 is 22.9 Å². The number of hydrogen-bond acceptors (Lipinski definition) is 6. The van der Waals surface area contributed by atoms with Gasteiger partial charge in [-0.3, -0.25) is 4.79 Å². The Morgan fingerprint density at radius 3 is 2.41 bits per heavy atom. The summed E-state index contributed by atoms with van der Waals surface area (Å²) in [5.41, 5.74) is 5.72. The monoisotopic (exact) mass is 473 g/mol. The predicted octanol–water partition coefficient (Wildman–Crippen LogP) is 4.61. The van der Waals surface area contributed by atoms with E-state index >= 15 is 0 Å². The van der Waals surface area contributed by atoms with Crippen molar-refractivity contribution in [1.82, 2.24) is 0 Å². The average molecular weight is 474 g/mol. The normalized spacial score (nSPS) is 11.9. The summed E-state index contributed by atoms with van der Waals surface area (Å²) in [6.45, 7) is -0.629. The Hall–Kier alpha value is -2.55. The molecule has 0 spiro atoms. The largest absolute Gasteiger partial charge is 0.457 e. The number of fused-ring (bicyclic) bond motifs is 2. The molecule has 0 saturated heterocycles. The van der Waals surface area contributed by atoms with E-state index in [0.29, 0.717) is 35.1 Å². The van der Waals surface area contributed by atoms with E-state index in [1.54, 1.807) is 18.2 Å². The minimum absolute atomic E-state index is 0.0281. The highest BCUT2D eigenvalue weighted by atomic mass is 35.5. The van der Waals surface area contributed by atoms with Crippen molar-refractivity contribution in [2.24, 2.45) is 5.73 Å². The molecule has 0 bridgehead atoms. The second-order valence-electron chi connectivity index (χ2n) is 7.78. The third kappa shape index (κ3) is 4.62. The smallest absolute Gasteiger partial charge is 0.195 e. The van der Waals surface area contributed by atoms with Gasteiger partial charge in [-0.1, -0.05) is 17.7 Å². The third-order valence-electron chi connectivity index (χ3n) is 5.37. The zero-order valence-electron chi connectivity index (χ0n) is 17.0. The summed E-state index contributed by atoms with van der Waals surface area (Å²) in [6.07, 6.45) is 0.924. The van der Waals surface area contributed by atoms with Gasteiger partial charge in [-0.2, -0.15) is 0 Å². The van der Waals surface area contributed by atoms with Crippen molar-refractivity contribution in [1.29, 1.82) is 0 Å². The van der Waals surface area contributed by atoms with Crippen LogP contribution in [0.3, 0.4) is 0 Å². The van der Waals surface area contributed by atoms with Crippen LogP contribution in [0, 0.1) is 5.82 Å². The molecule has 4 aromatic rings. The molecule has 4 N–H and O–H groups in total. The van der Waals surface area contributed by atoms with E-state index in [2.05, 4.69) is 0 Å². The Kier molecular flexibility index (Phi) is 6.46. The molecule has 0 atom stereocenters. The summed E-state index contributed by atoms with van der Waals surface area (Å²) in [5.74, 6) is 0.390. The molecule has 5 nitrogen and oxygen atoms in total. The van der Waals surface area contributed by atoms with Crippen LogP contribution in [0.1, 0.15) is 12.0 Å². The predicted molar refractivity (Wildman–Crippen MR) is 126 cm³/mol. The first kappa shape index (κ1) is 22.6. The van der Waals surface area contributed by atoms with Crippen LogP contribution in [0.4, 0.5) is 4.39 Å². The van der Waals surface area contributed by atoms with E-state index in [4.69, 9.17) is 22.1 Å². The van der Waals surface area contributed by atoms with E-state index in [1.807, 2.05) is 18.2 Å². The molecule has 0 unspecified atom stereocenters. The number of hydrogen-bond donors (Lipinski definition) is 3. The van der Waals surface area contributed by atoms with Crippen LogP contribution in [0.15, 0.2) is 59.4 Å². The maximum absolute atomic E-state index is 13.4. The average Bonchev–Trinajstić information content (AvgIpc) is 2.80. The molecular formula is C24H21ClFNO4S. The van der Waals surface area contributed by atoms with Crippen LogP contribution in [-0.4, -0.2) is 29.0 Å². The van der Waals surface area contributed by atoms with Gasteiger partial charge in [-0.15, -0.1) is 11.3 Å². The summed E-state index contributed by atoms with van der Waals surface area (Å²) >= 11 is 7.28. The molecule has 1 heterocycles. The van der Waals surface area contributed by atoms with Gasteiger partial charge in [0.25, 0.3) is 0 Å². The topological polar surface area (TPSA) is 92.8 Å². The molecular weight excluding hydrogens is 453 g/mol. The first-order chi connectivity index (χ1) is 15.3. The molecule has 0 aliphatic heterocycles. The SMILES string of the molecule is NC(CO)(CO)CCc1ccc2sc3cc(Oc4ccc(F)c(Cl)c4)ccc3c(=O)c2c1. The number of benzene rings is 3. The lowest BCUT2D eigenvalue weighted by Crippen LogP contribution is -2.47. The van der Waals surface area contributed by atoms with Crippen molar-refractivity contribution < 1.29 is 19.3 Å². The molecule has 4 rings (SSSR count). The first-order valence-electron chi connectivity index (χ1n) is 9.95. The van der Waals surface area contributed by atoms with Gasteiger partial charge in [-0.25, -0.2) is 4.39 Å². The van der Waals surface area contributed by atoms with E-state index in [-0.39, 0.29) is 23.7 Å². The van der Waals surface area contributed by atoms with E-state index < -0.39 is 11.4 Å². The molecule has 0 saturated carbocycles. The minimum Gasteiger partial charge on any atom is -0.457 e. The molecule has 0 fully saturated rings. The fraction of sp³-hybridized carbons (Fsp3) is 0.208. The van der Waals surface area contributed by atoms with Crippen molar-refractivity contribution in [2.75, 3.05) is 13.2 Å². The molecule has 1 aromatic heterocycles. The van der Waals surface area contributed by atoms with Gasteiger partial charge in [0.1, 0.15) is 17.3 Å². The van der Waals surface area contributed by atoms with E-state index in [0.717, 1.165) is 15.0 Å². The second-order valence-corrected chi connectivity index (χ2v) is 9.27. The van der Waals surface area contributed by atoms with Crippen molar-refractivity contribution >= 4 is 43.1 Å². The van der Waals surface area contributed by atoms with Crippen molar-refractivity contribution in [3.63, 3.8) is 0 Å². The van der Waals surface area contributed by atoms with Crippen molar-refractivity contribution in [3.8, 4) is 11.5 Å². The molecule has 0 aliphatic rings. The van der Waals surface area contributed by atoms with E-state index in [1.165, 1.54) is 29.5 Å². The molecule has 0 amide bonds. The Labute approximate surface area is 192 Å².